The van der Waals surface area contributed by atoms with Crippen molar-refractivity contribution in [3.8, 4) is 0 Å². The van der Waals surface area contributed by atoms with Gasteiger partial charge in [0.2, 0.25) is 0 Å². The second kappa shape index (κ2) is 5.74. The molecule has 1 N–H and O–H groups in total. The zero-order valence-corrected chi connectivity index (χ0v) is 11.8. The van der Waals surface area contributed by atoms with Crippen LogP contribution in [-0.2, 0) is 7.05 Å². The Balaban J connectivity index is 2.44. The fourth-order valence-corrected chi connectivity index (χ4v) is 2.32. The summed E-state index contributed by atoms with van der Waals surface area (Å²) < 4.78 is 1.91. The Morgan fingerprint density at radius 3 is 2.78 bits per heavy atom. The highest BCUT2D eigenvalue weighted by molar-refractivity contribution is 6.42. The zero-order chi connectivity index (χ0) is 13.1. The van der Waals surface area contributed by atoms with Crippen molar-refractivity contribution in [2.24, 2.45) is 7.05 Å². The maximum atomic E-state index is 6.27. The predicted octanol–water partition coefficient (Wildman–Crippen LogP) is 3.43. The van der Waals surface area contributed by atoms with E-state index in [1.807, 2.05) is 36.9 Å². The molecule has 0 aliphatic rings. The largest absolute Gasteiger partial charge is 0.340 e. The molecule has 0 saturated carbocycles. The molecule has 1 atom stereocenters. The van der Waals surface area contributed by atoms with E-state index in [0.717, 1.165) is 17.8 Å². The molecule has 0 radical (unpaired) electrons. The van der Waals surface area contributed by atoms with Gasteiger partial charge in [0.15, 0.2) is 0 Å². The number of nitrogens with one attached hydrogen (secondary N) is 1. The van der Waals surface area contributed by atoms with Crippen LogP contribution in [0.1, 0.15) is 24.2 Å². The highest BCUT2D eigenvalue weighted by Crippen LogP contribution is 2.32. The number of imidazole rings is 1. The van der Waals surface area contributed by atoms with Crippen LogP contribution >= 0.6 is 23.2 Å². The molecule has 5 heteroatoms. The molecule has 1 aromatic heterocycles. The van der Waals surface area contributed by atoms with E-state index >= 15 is 0 Å². The molecule has 3 nitrogen and oxygen atoms in total. The van der Waals surface area contributed by atoms with Gasteiger partial charge in [0.1, 0.15) is 0 Å². The van der Waals surface area contributed by atoms with Crippen LogP contribution in [-0.4, -0.2) is 16.1 Å². The van der Waals surface area contributed by atoms with Crippen molar-refractivity contribution in [3.05, 3.63) is 52.0 Å². The fourth-order valence-electron chi connectivity index (χ4n) is 1.90. The van der Waals surface area contributed by atoms with Crippen LogP contribution in [0.15, 0.2) is 30.7 Å². The lowest BCUT2D eigenvalue weighted by atomic mass is 10.0. The van der Waals surface area contributed by atoms with Crippen LogP contribution in [0.3, 0.4) is 0 Å². The first-order valence-corrected chi connectivity index (χ1v) is 6.54. The fraction of sp³-hybridized carbons (Fsp3) is 0.308. The number of hydrogen-bond acceptors (Lipinski definition) is 2. The first-order valence-electron chi connectivity index (χ1n) is 5.78. The molecule has 1 heterocycles. The molecular weight excluding hydrogens is 269 g/mol. The van der Waals surface area contributed by atoms with Crippen molar-refractivity contribution >= 4 is 23.2 Å². The van der Waals surface area contributed by atoms with E-state index in [9.17, 15) is 0 Å². The van der Waals surface area contributed by atoms with Crippen LogP contribution in [0.5, 0.6) is 0 Å². The molecule has 0 saturated heterocycles. The van der Waals surface area contributed by atoms with Crippen LogP contribution in [0.25, 0.3) is 0 Å². The van der Waals surface area contributed by atoms with Gasteiger partial charge in [0, 0.05) is 13.2 Å². The van der Waals surface area contributed by atoms with E-state index in [4.69, 9.17) is 23.2 Å². The normalized spacial score (nSPS) is 12.7. The Kier molecular flexibility index (Phi) is 4.27. The molecule has 0 fully saturated rings. The molecule has 0 bridgehead atoms. The zero-order valence-electron chi connectivity index (χ0n) is 10.3. The Morgan fingerprint density at radius 2 is 2.17 bits per heavy atom. The Labute approximate surface area is 117 Å². The van der Waals surface area contributed by atoms with Gasteiger partial charge in [-0.05, 0) is 18.2 Å². The lowest BCUT2D eigenvalue weighted by Crippen LogP contribution is -2.22. The van der Waals surface area contributed by atoms with Gasteiger partial charge in [-0.2, -0.15) is 0 Å². The Hall–Kier alpha value is -1.03. The molecule has 1 unspecified atom stereocenters. The number of benzene rings is 1. The van der Waals surface area contributed by atoms with Gasteiger partial charge >= 0.3 is 0 Å². The van der Waals surface area contributed by atoms with E-state index in [0.29, 0.717) is 10.0 Å². The molecule has 0 aliphatic carbocycles. The summed E-state index contributed by atoms with van der Waals surface area (Å²) in [6.07, 6.45) is 3.75. The predicted molar refractivity (Wildman–Crippen MR) is 75.2 cm³/mol. The number of halogens is 2. The van der Waals surface area contributed by atoms with Crippen molar-refractivity contribution in [2.45, 2.75) is 13.0 Å². The molecule has 0 aliphatic heterocycles. The number of hydrogen-bond donors (Lipinski definition) is 1. The molecule has 18 heavy (non-hydrogen) atoms. The average molecular weight is 284 g/mol. The number of rotatable bonds is 4. The summed E-state index contributed by atoms with van der Waals surface area (Å²) in [5, 5.41) is 4.52. The maximum Gasteiger partial charge on any atom is 0.0947 e. The third-order valence-electron chi connectivity index (χ3n) is 2.72. The second-order valence-electron chi connectivity index (χ2n) is 4.10. The molecule has 0 spiro atoms. The van der Waals surface area contributed by atoms with E-state index in [2.05, 4.69) is 10.3 Å². The topological polar surface area (TPSA) is 29.9 Å². The van der Waals surface area contributed by atoms with Crippen molar-refractivity contribution < 1.29 is 0 Å². The third kappa shape index (κ3) is 2.69. The standard InChI is InChI=1S/C13H15Cl2N3/c1-3-16-13(11-7-18(2)8-17-11)9-5-4-6-10(14)12(9)15/h4-8,13,16H,3H2,1-2H3. The van der Waals surface area contributed by atoms with E-state index < -0.39 is 0 Å². The van der Waals surface area contributed by atoms with E-state index in [1.54, 1.807) is 12.4 Å². The third-order valence-corrected chi connectivity index (χ3v) is 3.55. The summed E-state index contributed by atoms with van der Waals surface area (Å²) >= 11 is 12.3. The number of aryl methyl sites for hydroxylation is 1. The summed E-state index contributed by atoms with van der Waals surface area (Å²) in [5.41, 5.74) is 1.88. The van der Waals surface area contributed by atoms with Gasteiger partial charge in [0.25, 0.3) is 0 Å². The molecular formula is C13H15Cl2N3. The van der Waals surface area contributed by atoms with Crippen molar-refractivity contribution in [2.75, 3.05) is 6.54 Å². The molecule has 1 aromatic carbocycles. The quantitative estimate of drug-likeness (QED) is 0.932. The van der Waals surface area contributed by atoms with Crippen LogP contribution < -0.4 is 5.32 Å². The highest BCUT2D eigenvalue weighted by Gasteiger charge is 2.19. The average Bonchev–Trinajstić information content (AvgIpc) is 2.77. The SMILES string of the molecule is CCNC(c1cn(C)cn1)c1cccc(Cl)c1Cl. The minimum atomic E-state index is -0.0394. The smallest absolute Gasteiger partial charge is 0.0947 e. The highest BCUT2D eigenvalue weighted by atomic mass is 35.5. The van der Waals surface area contributed by atoms with Crippen molar-refractivity contribution in [1.29, 1.82) is 0 Å². The van der Waals surface area contributed by atoms with Gasteiger partial charge in [-0.3, -0.25) is 0 Å². The molecule has 2 aromatic rings. The van der Waals surface area contributed by atoms with Crippen molar-refractivity contribution in [3.63, 3.8) is 0 Å². The Bertz CT molecular complexity index is 537. The van der Waals surface area contributed by atoms with Crippen LogP contribution in [0, 0.1) is 0 Å². The summed E-state index contributed by atoms with van der Waals surface area (Å²) in [4.78, 5) is 4.38. The summed E-state index contributed by atoms with van der Waals surface area (Å²) in [6.45, 7) is 2.87. The summed E-state index contributed by atoms with van der Waals surface area (Å²) in [5.74, 6) is 0. The maximum absolute atomic E-state index is 6.27. The van der Waals surface area contributed by atoms with E-state index in [-0.39, 0.29) is 6.04 Å². The van der Waals surface area contributed by atoms with Gasteiger partial charge in [-0.1, -0.05) is 42.3 Å². The van der Waals surface area contributed by atoms with Crippen LogP contribution in [0.4, 0.5) is 0 Å². The minimum absolute atomic E-state index is 0.0394. The van der Waals surface area contributed by atoms with Gasteiger partial charge in [-0.25, -0.2) is 4.98 Å². The summed E-state index contributed by atoms with van der Waals surface area (Å²) in [7, 11) is 1.94. The first kappa shape index (κ1) is 13.4. The summed E-state index contributed by atoms with van der Waals surface area (Å²) in [6, 6.07) is 5.62. The lowest BCUT2D eigenvalue weighted by Gasteiger charge is -2.18. The van der Waals surface area contributed by atoms with Gasteiger partial charge < -0.3 is 9.88 Å². The number of nitrogens with zero attached hydrogens (tertiary/aromatic N) is 2. The molecule has 2 rings (SSSR count). The van der Waals surface area contributed by atoms with E-state index in [1.165, 1.54) is 0 Å². The Morgan fingerprint density at radius 1 is 1.39 bits per heavy atom. The first-order chi connectivity index (χ1) is 8.63. The second-order valence-corrected chi connectivity index (χ2v) is 4.88. The lowest BCUT2D eigenvalue weighted by molar-refractivity contribution is 0.618. The molecule has 96 valence electrons. The van der Waals surface area contributed by atoms with Gasteiger partial charge in [0.05, 0.1) is 28.1 Å². The minimum Gasteiger partial charge on any atom is -0.340 e. The van der Waals surface area contributed by atoms with Crippen LogP contribution in [0.2, 0.25) is 10.0 Å². The molecule has 0 amide bonds. The number of aromatic nitrogens is 2. The van der Waals surface area contributed by atoms with Gasteiger partial charge in [-0.15, -0.1) is 0 Å². The van der Waals surface area contributed by atoms with Crippen molar-refractivity contribution in [1.82, 2.24) is 14.9 Å². The monoisotopic (exact) mass is 283 g/mol.